The molecule has 2 aromatic rings. The van der Waals surface area contributed by atoms with Crippen molar-refractivity contribution in [2.45, 2.75) is 12.3 Å². The summed E-state index contributed by atoms with van der Waals surface area (Å²) >= 11 is 5.03. The average Bonchev–Trinajstić information content (AvgIpc) is 2.81. The summed E-state index contributed by atoms with van der Waals surface area (Å²) < 4.78 is 1.04. The van der Waals surface area contributed by atoms with Crippen LogP contribution >= 0.6 is 27.3 Å². The summed E-state index contributed by atoms with van der Waals surface area (Å²) in [5.74, 6) is 0.809. The molecule has 4 nitrogen and oxygen atoms in total. The lowest BCUT2D eigenvalue weighted by Gasteiger charge is -2.21. The van der Waals surface area contributed by atoms with E-state index >= 15 is 0 Å². The molecule has 6 heteroatoms. The summed E-state index contributed by atoms with van der Waals surface area (Å²) in [6, 6.07) is 8.11. The van der Waals surface area contributed by atoms with Crippen molar-refractivity contribution in [3.05, 3.63) is 39.2 Å². The van der Waals surface area contributed by atoms with Crippen LogP contribution in [0.5, 0.6) is 0 Å². The Kier molecular flexibility index (Phi) is 3.28. The van der Waals surface area contributed by atoms with E-state index < -0.39 is 0 Å². The van der Waals surface area contributed by atoms with Gasteiger partial charge in [-0.3, -0.25) is 4.79 Å². The number of hydrogen-bond donors (Lipinski definition) is 2. The number of halogens is 1. The summed E-state index contributed by atoms with van der Waals surface area (Å²) in [5, 5.41) is 6.69. The van der Waals surface area contributed by atoms with E-state index in [2.05, 4.69) is 43.7 Å². The number of amides is 1. The minimum Gasteiger partial charge on any atom is -0.365 e. The van der Waals surface area contributed by atoms with Gasteiger partial charge < -0.3 is 10.6 Å². The van der Waals surface area contributed by atoms with Crippen LogP contribution < -0.4 is 10.6 Å². The van der Waals surface area contributed by atoms with E-state index in [1.165, 1.54) is 0 Å². The summed E-state index contributed by atoms with van der Waals surface area (Å²) in [4.78, 5) is 17.3. The first kappa shape index (κ1) is 12.6. The molecule has 0 radical (unpaired) electrons. The minimum atomic E-state index is 0.0216. The second kappa shape index (κ2) is 4.94. The molecule has 1 unspecified atom stereocenters. The van der Waals surface area contributed by atoms with Crippen LogP contribution in [-0.4, -0.2) is 17.9 Å². The van der Waals surface area contributed by atoms with Crippen LogP contribution in [0, 0.1) is 0 Å². The van der Waals surface area contributed by atoms with Gasteiger partial charge in [0, 0.05) is 23.9 Å². The van der Waals surface area contributed by atoms with Gasteiger partial charge in [0.1, 0.15) is 5.82 Å². The fourth-order valence-corrected chi connectivity index (χ4v) is 3.46. The number of carbonyl (C=O) groups excluding carboxylic acids is 1. The van der Waals surface area contributed by atoms with Crippen molar-refractivity contribution in [3.63, 3.8) is 0 Å². The second-order valence-corrected chi connectivity index (χ2v) is 6.28. The van der Waals surface area contributed by atoms with Crippen LogP contribution in [0.3, 0.4) is 0 Å². The highest BCUT2D eigenvalue weighted by molar-refractivity contribution is 9.10. The lowest BCUT2D eigenvalue weighted by molar-refractivity contribution is -0.116. The van der Waals surface area contributed by atoms with Crippen molar-refractivity contribution in [2.24, 2.45) is 0 Å². The Morgan fingerprint density at radius 2 is 2.16 bits per heavy atom. The maximum atomic E-state index is 11.8. The van der Waals surface area contributed by atoms with Gasteiger partial charge in [-0.15, -0.1) is 0 Å². The first-order chi connectivity index (χ1) is 9.17. The smallest absolute Gasteiger partial charge is 0.226 e. The number of nitrogens with zero attached hydrogens (tertiary/aromatic N) is 1. The molecule has 1 aliphatic rings. The van der Waals surface area contributed by atoms with Crippen molar-refractivity contribution >= 4 is 44.1 Å². The fraction of sp³-hybridized carbons (Fsp3) is 0.231. The Balaban J connectivity index is 2.05. The molecule has 2 heterocycles. The van der Waals surface area contributed by atoms with Gasteiger partial charge in [0.2, 0.25) is 5.91 Å². The average molecular weight is 338 g/mol. The van der Waals surface area contributed by atoms with Crippen LogP contribution in [0.25, 0.3) is 0 Å². The summed E-state index contributed by atoms with van der Waals surface area (Å²) in [5.41, 5.74) is 1.14. The van der Waals surface area contributed by atoms with Gasteiger partial charge in [0.15, 0.2) is 5.13 Å². The molecule has 1 aliphatic heterocycles. The van der Waals surface area contributed by atoms with Gasteiger partial charge in [-0.05, 0) is 17.7 Å². The number of nitrogens with one attached hydrogen (secondary N) is 2. The van der Waals surface area contributed by atoms with Crippen LogP contribution in [0.15, 0.2) is 28.7 Å². The molecule has 0 bridgehead atoms. The number of thiazole rings is 1. The Hall–Kier alpha value is -1.40. The molecule has 0 fully saturated rings. The predicted molar refractivity (Wildman–Crippen MR) is 80.9 cm³/mol. The van der Waals surface area contributed by atoms with Crippen molar-refractivity contribution < 1.29 is 4.79 Å². The van der Waals surface area contributed by atoms with Gasteiger partial charge >= 0.3 is 0 Å². The number of hydrogen-bond acceptors (Lipinski definition) is 4. The Morgan fingerprint density at radius 1 is 1.42 bits per heavy atom. The first-order valence-corrected chi connectivity index (χ1v) is 7.52. The molecule has 1 amide bonds. The van der Waals surface area contributed by atoms with E-state index in [0.717, 1.165) is 20.0 Å². The van der Waals surface area contributed by atoms with Crippen LogP contribution in [0.1, 0.15) is 22.8 Å². The van der Waals surface area contributed by atoms with Crippen molar-refractivity contribution in [1.29, 1.82) is 0 Å². The molecule has 0 saturated carbocycles. The Morgan fingerprint density at radius 3 is 2.84 bits per heavy atom. The zero-order chi connectivity index (χ0) is 13.4. The highest BCUT2D eigenvalue weighted by Gasteiger charge is 2.30. The van der Waals surface area contributed by atoms with Gasteiger partial charge in [0.05, 0.1) is 4.88 Å². The fourth-order valence-electron chi connectivity index (χ4n) is 2.19. The zero-order valence-corrected chi connectivity index (χ0v) is 12.6. The van der Waals surface area contributed by atoms with Gasteiger partial charge in [-0.1, -0.05) is 39.4 Å². The number of fused-ring (bicyclic) bond motifs is 1. The van der Waals surface area contributed by atoms with Gasteiger partial charge in [-0.25, -0.2) is 4.98 Å². The molecule has 2 N–H and O–H groups in total. The maximum absolute atomic E-state index is 11.8. The third-order valence-electron chi connectivity index (χ3n) is 3.10. The number of rotatable bonds is 2. The van der Waals surface area contributed by atoms with Crippen molar-refractivity contribution in [2.75, 3.05) is 17.7 Å². The molecule has 1 atom stereocenters. The number of benzene rings is 1. The summed E-state index contributed by atoms with van der Waals surface area (Å²) in [7, 11) is 1.83. The molecule has 98 valence electrons. The van der Waals surface area contributed by atoms with Crippen molar-refractivity contribution in [3.8, 4) is 0 Å². The molecular weight excluding hydrogens is 326 g/mol. The lowest BCUT2D eigenvalue weighted by Crippen LogP contribution is -2.22. The lowest BCUT2D eigenvalue weighted by atomic mass is 9.92. The predicted octanol–water partition coefficient (Wildman–Crippen LogP) is 3.42. The molecule has 19 heavy (non-hydrogen) atoms. The van der Waals surface area contributed by atoms with E-state index in [9.17, 15) is 4.79 Å². The molecule has 1 aromatic carbocycles. The standard InChI is InChI=1S/C13H12BrN3OS/c1-15-13-17-12-11(19-13)9(6-10(18)16-12)7-2-4-8(14)5-3-7/h2-5,9H,6H2,1H3,(H,15,17)(H,16,18). The van der Waals surface area contributed by atoms with Gasteiger partial charge in [0.25, 0.3) is 0 Å². The second-order valence-electron chi connectivity index (χ2n) is 4.34. The Bertz CT molecular complexity index is 623. The van der Waals surface area contributed by atoms with E-state index in [0.29, 0.717) is 12.2 Å². The van der Waals surface area contributed by atoms with Crippen molar-refractivity contribution in [1.82, 2.24) is 4.98 Å². The summed E-state index contributed by atoms with van der Waals surface area (Å²) in [6.45, 7) is 0. The maximum Gasteiger partial charge on any atom is 0.226 e. The largest absolute Gasteiger partial charge is 0.365 e. The molecule has 3 rings (SSSR count). The molecule has 1 aromatic heterocycles. The van der Waals surface area contributed by atoms with E-state index in [4.69, 9.17) is 0 Å². The third kappa shape index (κ3) is 2.37. The number of aromatic nitrogens is 1. The quantitative estimate of drug-likeness (QED) is 0.882. The van der Waals surface area contributed by atoms with Crippen LogP contribution in [-0.2, 0) is 4.79 Å². The monoisotopic (exact) mass is 337 g/mol. The number of carbonyl (C=O) groups is 1. The molecule has 0 saturated heterocycles. The van der Waals surface area contributed by atoms with E-state index in [1.807, 2.05) is 19.2 Å². The van der Waals surface area contributed by atoms with E-state index in [1.54, 1.807) is 11.3 Å². The SMILES string of the molecule is CNc1nc2c(s1)C(c1ccc(Br)cc1)CC(=O)N2. The number of anilines is 2. The van der Waals surface area contributed by atoms with Crippen LogP contribution in [0.2, 0.25) is 0 Å². The molecule has 0 aliphatic carbocycles. The van der Waals surface area contributed by atoms with Gasteiger partial charge in [-0.2, -0.15) is 0 Å². The minimum absolute atomic E-state index is 0.0216. The Labute approximate surface area is 123 Å². The zero-order valence-electron chi connectivity index (χ0n) is 10.2. The van der Waals surface area contributed by atoms with E-state index in [-0.39, 0.29) is 11.8 Å². The molecule has 0 spiro atoms. The topological polar surface area (TPSA) is 54.0 Å². The normalized spacial score (nSPS) is 17.8. The summed E-state index contributed by atoms with van der Waals surface area (Å²) in [6.07, 6.45) is 0.472. The first-order valence-electron chi connectivity index (χ1n) is 5.91. The third-order valence-corrected chi connectivity index (χ3v) is 4.82. The highest BCUT2D eigenvalue weighted by Crippen LogP contribution is 2.42. The van der Waals surface area contributed by atoms with Crippen LogP contribution in [0.4, 0.5) is 10.9 Å². The molecular formula is C13H12BrN3OS. The highest BCUT2D eigenvalue weighted by atomic mass is 79.9.